The van der Waals surface area contributed by atoms with Crippen LogP contribution in [0.1, 0.15) is 13.8 Å². The Morgan fingerprint density at radius 1 is 1.85 bits per heavy atom. The van der Waals surface area contributed by atoms with Crippen molar-refractivity contribution in [3.63, 3.8) is 0 Å². The Kier molecular flexibility index (Phi) is 3.21. The highest BCUT2D eigenvalue weighted by molar-refractivity contribution is 7.13. The minimum Gasteiger partial charge on any atom is -0.375 e. The van der Waals surface area contributed by atoms with Crippen molar-refractivity contribution in [2.75, 3.05) is 17.4 Å². The van der Waals surface area contributed by atoms with Crippen molar-refractivity contribution in [2.24, 2.45) is 0 Å². The van der Waals surface area contributed by atoms with Crippen LogP contribution in [-0.4, -0.2) is 17.5 Å². The fourth-order valence-corrected chi connectivity index (χ4v) is 1.34. The predicted octanol–water partition coefficient (Wildman–Crippen LogP) is 1.03. The number of nitrogens with zero attached hydrogens (tertiary/aromatic N) is 2. The monoisotopic (exact) mass is 201 g/mol. The van der Waals surface area contributed by atoms with E-state index in [9.17, 15) is 4.79 Å². The first kappa shape index (κ1) is 9.94. The van der Waals surface area contributed by atoms with E-state index in [1.807, 2.05) is 0 Å². The lowest BCUT2D eigenvalue weighted by molar-refractivity contribution is -0.123. The molecule has 0 radical (unpaired) electrons. The summed E-state index contributed by atoms with van der Waals surface area (Å²) in [6, 6.07) is 0. The van der Waals surface area contributed by atoms with E-state index >= 15 is 0 Å². The molecule has 0 aliphatic heterocycles. The first-order chi connectivity index (χ1) is 6.15. The average molecular weight is 201 g/mol. The van der Waals surface area contributed by atoms with Crippen LogP contribution in [0.3, 0.4) is 0 Å². The molecule has 6 heteroatoms. The number of thiazole rings is 1. The molecule has 0 saturated carbocycles. The summed E-state index contributed by atoms with van der Waals surface area (Å²) in [6.07, 6.45) is 0. The average Bonchev–Trinajstić information content (AvgIpc) is 2.46. The Labute approximate surface area is 80.1 Å². The quantitative estimate of drug-likeness (QED) is 0.741. The van der Waals surface area contributed by atoms with E-state index in [1.54, 1.807) is 12.3 Å². The van der Waals surface area contributed by atoms with Crippen LogP contribution in [0.2, 0.25) is 0 Å². The Morgan fingerprint density at radius 2 is 2.54 bits per heavy atom. The largest absolute Gasteiger partial charge is 0.375 e. The van der Waals surface area contributed by atoms with Crippen LogP contribution in [0.5, 0.6) is 0 Å². The zero-order chi connectivity index (χ0) is 9.84. The summed E-state index contributed by atoms with van der Waals surface area (Å²) in [5.41, 5.74) is 5.43. The molecule has 1 rings (SSSR count). The standard InChI is InChI=1S/C7H11N3O2S/c1-3-12-10(5(2)11)6-4-13-7(8)9-6/h4H,3H2,1-2H3,(H2,8,9). The summed E-state index contributed by atoms with van der Waals surface area (Å²) in [7, 11) is 0. The number of amides is 1. The van der Waals surface area contributed by atoms with Crippen LogP contribution in [0.15, 0.2) is 5.38 Å². The smallest absolute Gasteiger partial charge is 0.249 e. The maximum atomic E-state index is 11.1. The number of anilines is 2. The molecule has 1 aromatic rings. The third-order valence-electron chi connectivity index (χ3n) is 1.26. The second-order valence-electron chi connectivity index (χ2n) is 2.28. The van der Waals surface area contributed by atoms with Gasteiger partial charge in [0.05, 0.1) is 6.61 Å². The molecule has 0 bridgehead atoms. The van der Waals surface area contributed by atoms with Crippen LogP contribution in [0, 0.1) is 0 Å². The number of hydrogen-bond acceptors (Lipinski definition) is 5. The van der Waals surface area contributed by atoms with Crippen LogP contribution in [0.25, 0.3) is 0 Å². The molecule has 72 valence electrons. The van der Waals surface area contributed by atoms with E-state index in [0.29, 0.717) is 17.6 Å². The molecule has 0 saturated heterocycles. The molecule has 2 N–H and O–H groups in total. The predicted molar refractivity (Wildman–Crippen MR) is 51.3 cm³/mol. The third kappa shape index (κ3) is 2.40. The number of aromatic nitrogens is 1. The fourth-order valence-electron chi connectivity index (χ4n) is 0.819. The Morgan fingerprint density at radius 3 is 2.92 bits per heavy atom. The Balaban J connectivity index is 2.81. The molecule has 0 atom stereocenters. The first-order valence-electron chi connectivity index (χ1n) is 3.79. The summed E-state index contributed by atoms with van der Waals surface area (Å²) >= 11 is 1.27. The van der Waals surface area contributed by atoms with E-state index in [1.165, 1.54) is 18.3 Å². The molecule has 0 aliphatic carbocycles. The highest BCUT2D eigenvalue weighted by atomic mass is 32.1. The molecule has 0 spiro atoms. The first-order valence-corrected chi connectivity index (χ1v) is 4.67. The second-order valence-corrected chi connectivity index (χ2v) is 3.16. The molecule has 0 aliphatic rings. The number of hydroxylamine groups is 1. The molecule has 1 amide bonds. The fraction of sp³-hybridized carbons (Fsp3) is 0.429. The zero-order valence-corrected chi connectivity index (χ0v) is 8.30. The Hall–Kier alpha value is -1.14. The van der Waals surface area contributed by atoms with E-state index in [-0.39, 0.29) is 5.91 Å². The zero-order valence-electron chi connectivity index (χ0n) is 7.48. The lowest BCUT2D eigenvalue weighted by Gasteiger charge is -2.15. The van der Waals surface area contributed by atoms with Gasteiger partial charge in [0.2, 0.25) is 5.91 Å². The van der Waals surface area contributed by atoms with Gasteiger partial charge in [0, 0.05) is 12.3 Å². The van der Waals surface area contributed by atoms with Gasteiger partial charge in [-0.05, 0) is 6.92 Å². The van der Waals surface area contributed by atoms with Crippen molar-refractivity contribution in [2.45, 2.75) is 13.8 Å². The molecule has 1 heterocycles. The number of nitrogens with two attached hydrogens (primary N) is 1. The van der Waals surface area contributed by atoms with Crippen molar-refractivity contribution >= 4 is 28.2 Å². The highest BCUT2D eigenvalue weighted by Gasteiger charge is 2.14. The van der Waals surface area contributed by atoms with Gasteiger partial charge in [0.25, 0.3) is 0 Å². The maximum absolute atomic E-state index is 11.1. The van der Waals surface area contributed by atoms with Gasteiger partial charge in [-0.1, -0.05) is 0 Å². The minimum absolute atomic E-state index is 0.216. The van der Waals surface area contributed by atoms with Crippen molar-refractivity contribution < 1.29 is 9.63 Å². The van der Waals surface area contributed by atoms with Gasteiger partial charge in [0.15, 0.2) is 10.9 Å². The summed E-state index contributed by atoms with van der Waals surface area (Å²) in [6.45, 7) is 3.62. The SMILES string of the molecule is CCON(C(C)=O)c1csc(N)n1. The van der Waals surface area contributed by atoms with Gasteiger partial charge in [-0.15, -0.1) is 11.3 Å². The molecule has 13 heavy (non-hydrogen) atoms. The molecular formula is C7H11N3O2S. The van der Waals surface area contributed by atoms with E-state index in [2.05, 4.69) is 4.98 Å². The number of nitrogen functional groups attached to an aromatic ring is 1. The van der Waals surface area contributed by atoms with Gasteiger partial charge in [0.1, 0.15) is 0 Å². The van der Waals surface area contributed by atoms with Crippen LogP contribution < -0.4 is 10.8 Å². The number of hydrogen-bond donors (Lipinski definition) is 1. The second kappa shape index (κ2) is 4.20. The molecular weight excluding hydrogens is 190 g/mol. The van der Waals surface area contributed by atoms with Crippen molar-refractivity contribution in [3.8, 4) is 0 Å². The molecule has 5 nitrogen and oxygen atoms in total. The van der Waals surface area contributed by atoms with Gasteiger partial charge in [-0.3, -0.25) is 9.63 Å². The maximum Gasteiger partial charge on any atom is 0.249 e. The Bertz CT molecular complexity index is 300. The van der Waals surface area contributed by atoms with Crippen LogP contribution in [-0.2, 0) is 9.63 Å². The van der Waals surface area contributed by atoms with Crippen LogP contribution in [0.4, 0.5) is 10.9 Å². The molecule has 0 unspecified atom stereocenters. The van der Waals surface area contributed by atoms with Crippen LogP contribution >= 0.6 is 11.3 Å². The van der Waals surface area contributed by atoms with Gasteiger partial charge in [-0.25, -0.2) is 4.98 Å². The van der Waals surface area contributed by atoms with E-state index in [4.69, 9.17) is 10.6 Å². The molecule has 1 aromatic heterocycles. The summed E-state index contributed by atoms with van der Waals surface area (Å²) in [5.74, 6) is 0.226. The summed E-state index contributed by atoms with van der Waals surface area (Å²) in [5, 5.41) is 3.22. The van der Waals surface area contributed by atoms with Crippen molar-refractivity contribution in [3.05, 3.63) is 5.38 Å². The lowest BCUT2D eigenvalue weighted by atomic mass is 10.6. The van der Waals surface area contributed by atoms with E-state index in [0.717, 1.165) is 5.06 Å². The third-order valence-corrected chi connectivity index (χ3v) is 1.92. The topological polar surface area (TPSA) is 68.5 Å². The molecule has 0 fully saturated rings. The number of carbonyl (C=O) groups excluding carboxylic acids is 1. The van der Waals surface area contributed by atoms with Gasteiger partial charge in [-0.2, -0.15) is 5.06 Å². The summed E-state index contributed by atoms with van der Waals surface area (Å²) < 4.78 is 0. The number of carbonyl (C=O) groups is 1. The van der Waals surface area contributed by atoms with Crippen molar-refractivity contribution in [1.82, 2.24) is 4.98 Å². The number of rotatable bonds is 3. The highest BCUT2D eigenvalue weighted by Crippen LogP contribution is 2.20. The van der Waals surface area contributed by atoms with E-state index < -0.39 is 0 Å². The summed E-state index contributed by atoms with van der Waals surface area (Å²) in [4.78, 5) is 20.1. The van der Waals surface area contributed by atoms with Gasteiger partial charge >= 0.3 is 0 Å². The molecule has 0 aromatic carbocycles. The van der Waals surface area contributed by atoms with Crippen molar-refractivity contribution in [1.29, 1.82) is 0 Å². The minimum atomic E-state index is -0.216. The van der Waals surface area contributed by atoms with Gasteiger partial charge < -0.3 is 5.73 Å². The lowest BCUT2D eigenvalue weighted by Crippen LogP contribution is -2.28. The normalized spacial score (nSPS) is 10.0.